The number of aromatic nitrogens is 4. The summed E-state index contributed by atoms with van der Waals surface area (Å²) in [5.41, 5.74) is 4.16. The number of nitrogens with zero attached hydrogens (tertiary/aromatic N) is 3. The number of hydrogen-bond acceptors (Lipinski definition) is 6. The molecule has 1 N–H and O–H groups in total. The van der Waals surface area contributed by atoms with E-state index in [1.165, 1.54) is 0 Å². The monoisotopic (exact) mass is 378 g/mol. The molecule has 0 unspecified atom stereocenters. The van der Waals surface area contributed by atoms with Gasteiger partial charge in [0.25, 0.3) is 0 Å². The third-order valence-electron chi connectivity index (χ3n) is 4.22. The van der Waals surface area contributed by atoms with Crippen LogP contribution in [0.3, 0.4) is 0 Å². The molecule has 0 spiro atoms. The van der Waals surface area contributed by atoms with Gasteiger partial charge in [-0.3, -0.25) is 0 Å². The molecule has 0 fully saturated rings. The number of aryl methyl sites for hydroxylation is 1. The van der Waals surface area contributed by atoms with Crippen LogP contribution in [0.4, 0.5) is 0 Å². The molecule has 27 heavy (non-hydrogen) atoms. The van der Waals surface area contributed by atoms with E-state index in [4.69, 9.17) is 9.47 Å². The maximum atomic E-state index is 5.69. The summed E-state index contributed by atoms with van der Waals surface area (Å²) in [5.74, 6) is 1.32. The van der Waals surface area contributed by atoms with Gasteiger partial charge in [0.2, 0.25) is 0 Å². The molecule has 0 saturated heterocycles. The molecule has 4 rings (SSSR count). The maximum Gasteiger partial charge on any atom is 0.318 e. The predicted octanol–water partition coefficient (Wildman–Crippen LogP) is 4.20. The number of benzene rings is 2. The quantitative estimate of drug-likeness (QED) is 0.509. The molecule has 4 aromatic rings. The molecule has 0 radical (unpaired) electrons. The van der Waals surface area contributed by atoms with E-state index in [0.29, 0.717) is 35.4 Å². The first kappa shape index (κ1) is 17.4. The third-order valence-corrected chi connectivity index (χ3v) is 4.78. The van der Waals surface area contributed by atoms with Gasteiger partial charge in [-0.2, -0.15) is 4.98 Å². The first-order chi connectivity index (χ1) is 13.2. The van der Waals surface area contributed by atoms with Crippen LogP contribution in [-0.2, 0) is 6.61 Å². The summed E-state index contributed by atoms with van der Waals surface area (Å²) in [4.78, 5) is 17.2. The summed E-state index contributed by atoms with van der Waals surface area (Å²) in [5, 5.41) is 0. The van der Waals surface area contributed by atoms with Crippen LogP contribution in [0.5, 0.6) is 11.8 Å². The summed E-state index contributed by atoms with van der Waals surface area (Å²) in [6.45, 7) is 2.39. The van der Waals surface area contributed by atoms with Crippen LogP contribution in [0.1, 0.15) is 11.1 Å². The molecule has 136 valence electrons. The van der Waals surface area contributed by atoms with Crippen molar-refractivity contribution in [2.75, 3.05) is 7.11 Å². The van der Waals surface area contributed by atoms with E-state index in [1.807, 2.05) is 49.4 Å². The number of thiol groups is 1. The number of methoxy groups -OCH3 is 1. The van der Waals surface area contributed by atoms with Crippen LogP contribution >= 0.6 is 12.6 Å². The van der Waals surface area contributed by atoms with Crippen LogP contribution in [0.2, 0.25) is 0 Å². The Morgan fingerprint density at radius 3 is 2.67 bits per heavy atom. The average Bonchev–Trinajstić information content (AvgIpc) is 3.12. The summed E-state index contributed by atoms with van der Waals surface area (Å²) in [7, 11) is 1.62. The van der Waals surface area contributed by atoms with Crippen molar-refractivity contribution in [1.82, 2.24) is 19.9 Å². The molecular weight excluding hydrogens is 360 g/mol. The Bertz CT molecular complexity index is 1100. The van der Waals surface area contributed by atoms with Crippen molar-refractivity contribution in [3.8, 4) is 23.1 Å². The molecule has 2 aromatic carbocycles. The van der Waals surface area contributed by atoms with Crippen LogP contribution in [0.15, 0.2) is 53.6 Å². The number of hydrogen-bond donors (Lipinski definition) is 2. The Morgan fingerprint density at radius 2 is 1.89 bits per heavy atom. The normalized spacial score (nSPS) is 10.9. The van der Waals surface area contributed by atoms with E-state index in [2.05, 4.69) is 32.6 Å². The summed E-state index contributed by atoms with van der Waals surface area (Å²) < 4.78 is 11.2. The zero-order chi connectivity index (χ0) is 18.8. The van der Waals surface area contributed by atoms with Gasteiger partial charge in [-0.25, -0.2) is 9.97 Å². The highest BCUT2D eigenvalue weighted by molar-refractivity contribution is 7.80. The zero-order valence-electron chi connectivity index (χ0n) is 14.9. The van der Waals surface area contributed by atoms with Crippen molar-refractivity contribution < 1.29 is 9.47 Å². The van der Waals surface area contributed by atoms with E-state index in [9.17, 15) is 0 Å². The Kier molecular flexibility index (Phi) is 4.68. The second-order valence-electron chi connectivity index (χ2n) is 6.06. The van der Waals surface area contributed by atoms with Gasteiger partial charge in [-0.15, -0.1) is 12.6 Å². The van der Waals surface area contributed by atoms with E-state index >= 15 is 0 Å². The minimum atomic E-state index is 0.298. The van der Waals surface area contributed by atoms with Crippen molar-refractivity contribution in [2.45, 2.75) is 18.4 Å². The van der Waals surface area contributed by atoms with Gasteiger partial charge in [0.15, 0.2) is 5.65 Å². The number of nitrogens with one attached hydrogen (secondary N) is 1. The molecule has 0 bridgehead atoms. The number of rotatable bonds is 5. The van der Waals surface area contributed by atoms with Gasteiger partial charge in [0, 0.05) is 4.90 Å². The Hall–Kier alpha value is -3.06. The first-order valence-electron chi connectivity index (χ1n) is 8.42. The lowest BCUT2D eigenvalue weighted by molar-refractivity contribution is 0.282. The van der Waals surface area contributed by atoms with E-state index in [1.54, 1.807) is 13.3 Å². The lowest BCUT2D eigenvalue weighted by atomic mass is 10.1. The minimum absolute atomic E-state index is 0.298. The molecule has 0 aliphatic heterocycles. The van der Waals surface area contributed by atoms with Gasteiger partial charge < -0.3 is 14.5 Å². The highest BCUT2D eigenvalue weighted by Crippen LogP contribution is 2.36. The highest BCUT2D eigenvalue weighted by atomic mass is 32.1. The number of ether oxygens (including phenoxy) is 2. The second kappa shape index (κ2) is 7.28. The lowest BCUT2D eigenvalue weighted by Crippen LogP contribution is -1.99. The highest BCUT2D eigenvalue weighted by Gasteiger charge is 2.15. The molecular formula is C20H18N4O2S. The minimum Gasteiger partial charge on any atom is -0.495 e. The standard InChI is InChI=1S/C20H18N4O2S/c1-12-8-9-14(16(25-2)17(12)27)18-22-15-10-21-20(24-19(15)23-18)26-11-13-6-4-3-5-7-13/h3-10,27H,11H2,1-2H3,(H,21,22,23,24). The fraction of sp³-hybridized carbons (Fsp3) is 0.150. The molecule has 0 saturated carbocycles. The van der Waals surface area contributed by atoms with Gasteiger partial charge in [-0.05, 0) is 24.1 Å². The first-order valence-corrected chi connectivity index (χ1v) is 8.87. The summed E-state index contributed by atoms with van der Waals surface area (Å²) in [6, 6.07) is 14.1. The molecule has 2 heterocycles. The molecule has 0 atom stereocenters. The summed E-state index contributed by atoms with van der Waals surface area (Å²) in [6.07, 6.45) is 1.64. The smallest absolute Gasteiger partial charge is 0.318 e. The fourth-order valence-electron chi connectivity index (χ4n) is 2.78. The predicted molar refractivity (Wildman–Crippen MR) is 106 cm³/mol. The second-order valence-corrected chi connectivity index (χ2v) is 6.51. The molecule has 0 aliphatic rings. The van der Waals surface area contributed by atoms with Crippen molar-refractivity contribution in [3.63, 3.8) is 0 Å². The number of H-pyrrole nitrogens is 1. The van der Waals surface area contributed by atoms with Gasteiger partial charge in [-0.1, -0.05) is 36.4 Å². The van der Waals surface area contributed by atoms with Crippen molar-refractivity contribution >= 4 is 23.8 Å². The van der Waals surface area contributed by atoms with Gasteiger partial charge in [0.1, 0.15) is 23.7 Å². The van der Waals surface area contributed by atoms with E-state index in [-0.39, 0.29) is 0 Å². The van der Waals surface area contributed by atoms with Crippen molar-refractivity contribution in [3.05, 3.63) is 59.8 Å². The van der Waals surface area contributed by atoms with E-state index < -0.39 is 0 Å². The maximum absolute atomic E-state index is 5.69. The number of imidazole rings is 1. The van der Waals surface area contributed by atoms with Crippen LogP contribution in [0, 0.1) is 6.92 Å². The lowest BCUT2D eigenvalue weighted by Gasteiger charge is -2.10. The molecule has 2 aromatic heterocycles. The fourth-order valence-corrected chi connectivity index (χ4v) is 3.06. The topological polar surface area (TPSA) is 72.9 Å². The van der Waals surface area contributed by atoms with Crippen LogP contribution < -0.4 is 9.47 Å². The van der Waals surface area contributed by atoms with Gasteiger partial charge >= 0.3 is 6.01 Å². The molecule has 0 aliphatic carbocycles. The Balaban J connectivity index is 1.64. The Morgan fingerprint density at radius 1 is 1.07 bits per heavy atom. The van der Waals surface area contributed by atoms with Crippen molar-refractivity contribution in [2.24, 2.45) is 0 Å². The molecule has 0 amide bonds. The molecule has 7 heteroatoms. The largest absolute Gasteiger partial charge is 0.495 e. The van der Waals surface area contributed by atoms with E-state index in [0.717, 1.165) is 21.6 Å². The number of fused-ring (bicyclic) bond motifs is 1. The zero-order valence-corrected chi connectivity index (χ0v) is 15.8. The average molecular weight is 378 g/mol. The van der Waals surface area contributed by atoms with Crippen molar-refractivity contribution in [1.29, 1.82) is 0 Å². The summed E-state index contributed by atoms with van der Waals surface area (Å²) >= 11 is 4.54. The van der Waals surface area contributed by atoms with Gasteiger partial charge in [0.05, 0.1) is 18.9 Å². The van der Waals surface area contributed by atoms with Crippen LogP contribution in [-0.4, -0.2) is 27.0 Å². The molecule has 6 nitrogen and oxygen atoms in total. The Labute approximate surface area is 162 Å². The SMILES string of the molecule is COc1c(-c2nc3cnc(OCc4ccccc4)nc3[nH]2)ccc(C)c1S. The third kappa shape index (κ3) is 3.46. The number of aromatic amines is 1. The van der Waals surface area contributed by atoms with Crippen LogP contribution in [0.25, 0.3) is 22.6 Å².